The smallest absolute Gasteiger partial charge is 0.224 e. The van der Waals surface area contributed by atoms with Gasteiger partial charge in [-0.2, -0.15) is 0 Å². The first-order valence-electron chi connectivity index (χ1n) is 5.94. The fourth-order valence-corrected chi connectivity index (χ4v) is 1.88. The minimum absolute atomic E-state index is 0.154. The van der Waals surface area contributed by atoms with Crippen molar-refractivity contribution in [2.45, 2.75) is 19.4 Å². The van der Waals surface area contributed by atoms with Gasteiger partial charge in [-0.1, -0.05) is 0 Å². The average molecular weight is 229 g/mol. The van der Waals surface area contributed by atoms with Crippen molar-refractivity contribution in [1.82, 2.24) is 15.5 Å². The zero-order chi connectivity index (χ0) is 12.0. The van der Waals surface area contributed by atoms with E-state index in [4.69, 9.17) is 5.11 Å². The van der Waals surface area contributed by atoms with Crippen molar-refractivity contribution in [3.63, 3.8) is 0 Å². The highest BCUT2D eigenvalue weighted by Crippen LogP contribution is 2.13. The summed E-state index contributed by atoms with van der Waals surface area (Å²) in [6.07, 6.45) is 0.628. The molecule has 5 nitrogen and oxygen atoms in total. The van der Waals surface area contributed by atoms with Crippen LogP contribution in [0.1, 0.15) is 13.3 Å². The Labute approximate surface area is 97.2 Å². The third kappa shape index (κ3) is 4.92. The first-order chi connectivity index (χ1) is 7.59. The molecule has 0 aromatic carbocycles. The van der Waals surface area contributed by atoms with E-state index in [9.17, 15) is 4.79 Å². The first-order valence-corrected chi connectivity index (χ1v) is 5.94. The molecule has 1 fully saturated rings. The number of hydrogen-bond acceptors (Lipinski definition) is 4. The van der Waals surface area contributed by atoms with Crippen molar-refractivity contribution >= 4 is 5.91 Å². The molecule has 1 rings (SSSR count). The summed E-state index contributed by atoms with van der Waals surface area (Å²) >= 11 is 0. The van der Waals surface area contributed by atoms with E-state index in [2.05, 4.69) is 15.5 Å². The number of nitrogens with one attached hydrogen (secondary N) is 2. The number of carbonyl (C=O) groups excluding carboxylic acids is 1. The summed E-state index contributed by atoms with van der Waals surface area (Å²) in [7, 11) is 2.04. The van der Waals surface area contributed by atoms with Crippen LogP contribution in [0.4, 0.5) is 0 Å². The van der Waals surface area contributed by atoms with E-state index in [1.54, 1.807) is 6.92 Å². The molecule has 0 radical (unpaired) electrons. The quantitative estimate of drug-likeness (QED) is 0.513. The van der Waals surface area contributed by atoms with Crippen LogP contribution in [0.3, 0.4) is 0 Å². The third-order valence-corrected chi connectivity index (χ3v) is 2.80. The van der Waals surface area contributed by atoms with Crippen LogP contribution in [0.25, 0.3) is 0 Å². The van der Waals surface area contributed by atoms with Gasteiger partial charge in [0.2, 0.25) is 5.91 Å². The maximum absolute atomic E-state index is 11.7. The first kappa shape index (κ1) is 13.4. The monoisotopic (exact) mass is 229 g/mol. The van der Waals surface area contributed by atoms with Gasteiger partial charge in [0.15, 0.2) is 0 Å². The molecule has 1 saturated heterocycles. The molecule has 94 valence electrons. The normalized spacial score (nSPS) is 23.3. The SMILES string of the molecule is CC(O)CNCCNC(=O)C1CCN(C)C1. The van der Waals surface area contributed by atoms with Crippen LogP contribution in [0, 0.1) is 5.92 Å². The molecule has 5 heteroatoms. The van der Waals surface area contributed by atoms with Crippen molar-refractivity contribution in [2.24, 2.45) is 5.92 Å². The Bertz CT molecular complexity index is 221. The standard InChI is InChI=1S/C11H23N3O2/c1-9(15)7-12-4-5-13-11(16)10-3-6-14(2)8-10/h9-10,12,15H,3-8H2,1-2H3,(H,13,16). The van der Waals surface area contributed by atoms with E-state index in [1.807, 2.05) is 7.05 Å². The summed E-state index contributed by atoms with van der Waals surface area (Å²) < 4.78 is 0. The highest BCUT2D eigenvalue weighted by Gasteiger charge is 2.25. The molecular formula is C11H23N3O2. The predicted octanol–water partition coefficient (Wildman–Crippen LogP) is -0.975. The highest BCUT2D eigenvalue weighted by atomic mass is 16.3. The second-order valence-electron chi connectivity index (χ2n) is 4.59. The number of carbonyl (C=O) groups is 1. The van der Waals surface area contributed by atoms with Gasteiger partial charge in [0, 0.05) is 26.2 Å². The molecular weight excluding hydrogens is 206 g/mol. The molecule has 0 aliphatic carbocycles. The molecule has 3 N–H and O–H groups in total. The van der Waals surface area contributed by atoms with Gasteiger partial charge in [-0.05, 0) is 26.9 Å². The summed E-state index contributed by atoms with van der Waals surface area (Å²) in [6.45, 7) is 5.53. The van der Waals surface area contributed by atoms with Crippen molar-refractivity contribution < 1.29 is 9.90 Å². The largest absolute Gasteiger partial charge is 0.392 e. The molecule has 0 aromatic rings. The lowest BCUT2D eigenvalue weighted by Gasteiger charge is -2.12. The Hall–Kier alpha value is -0.650. The van der Waals surface area contributed by atoms with Crippen molar-refractivity contribution in [1.29, 1.82) is 0 Å². The van der Waals surface area contributed by atoms with Crippen LogP contribution < -0.4 is 10.6 Å². The van der Waals surface area contributed by atoms with Crippen LogP contribution in [0.2, 0.25) is 0 Å². The number of rotatable bonds is 6. The lowest BCUT2D eigenvalue weighted by Crippen LogP contribution is -2.38. The van der Waals surface area contributed by atoms with E-state index in [0.717, 1.165) is 19.5 Å². The van der Waals surface area contributed by atoms with E-state index in [0.29, 0.717) is 19.6 Å². The van der Waals surface area contributed by atoms with Crippen LogP contribution >= 0.6 is 0 Å². The molecule has 2 atom stereocenters. The topological polar surface area (TPSA) is 64.6 Å². The van der Waals surface area contributed by atoms with Gasteiger partial charge in [-0.25, -0.2) is 0 Å². The van der Waals surface area contributed by atoms with Gasteiger partial charge < -0.3 is 20.6 Å². The molecule has 0 bridgehead atoms. The molecule has 1 aliphatic heterocycles. The zero-order valence-corrected chi connectivity index (χ0v) is 10.2. The highest BCUT2D eigenvalue weighted by molar-refractivity contribution is 5.79. The fourth-order valence-electron chi connectivity index (χ4n) is 1.88. The van der Waals surface area contributed by atoms with Gasteiger partial charge in [0.1, 0.15) is 0 Å². The average Bonchev–Trinajstić information content (AvgIpc) is 2.63. The molecule has 1 heterocycles. The van der Waals surface area contributed by atoms with Gasteiger partial charge in [-0.3, -0.25) is 4.79 Å². The maximum atomic E-state index is 11.7. The molecule has 0 spiro atoms. The minimum Gasteiger partial charge on any atom is -0.392 e. The molecule has 1 amide bonds. The number of aliphatic hydroxyl groups excluding tert-OH is 1. The number of nitrogens with zero attached hydrogens (tertiary/aromatic N) is 1. The van der Waals surface area contributed by atoms with Crippen LogP contribution in [-0.4, -0.2) is 61.8 Å². The lowest BCUT2D eigenvalue weighted by molar-refractivity contribution is -0.124. The summed E-state index contributed by atoms with van der Waals surface area (Å²) in [5.74, 6) is 0.310. The number of likely N-dealkylation sites (tertiary alicyclic amines) is 1. The van der Waals surface area contributed by atoms with Crippen LogP contribution in [0.15, 0.2) is 0 Å². The Kier molecular flexibility index (Phi) is 5.73. The zero-order valence-electron chi connectivity index (χ0n) is 10.2. The maximum Gasteiger partial charge on any atom is 0.224 e. The predicted molar refractivity (Wildman–Crippen MR) is 63.2 cm³/mol. The summed E-state index contributed by atoms with van der Waals surface area (Å²) in [4.78, 5) is 13.8. The van der Waals surface area contributed by atoms with E-state index in [1.165, 1.54) is 0 Å². The Morgan fingerprint density at radius 1 is 1.56 bits per heavy atom. The number of hydrogen-bond donors (Lipinski definition) is 3. The summed E-state index contributed by atoms with van der Waals surface area (Å²) in [5, 5.41) is 15.0. The minimum atomic E-state index is -0.334. The van der Waals surface area contributed by atoms with Crippen molar-refractivity contribution in [2.75, 3.05) is 39.8 Å². The van der Waals surface area contributed by atoms with Crippen LogP contribution in [0.5, 0.6) is 0 Å². The van der Waals surface area contributed by atoms with Gasteiger partial charge in [0.05, 0.1) is 12.0 Å². The Morgan fingerprint density at radius 3 is 2.88 bits per heavy atom. The number of amides is 1. The Morgan fingerprint density at radius 2 is 2.31 bits per heavy atom. The third-order valence-electron chi connectivity index (χ3n) is 2.80. The van der Waals surface area contributed by atoms with Crippen LogP contribution in [-0.2, 0) is 4.79 Å². The van der Waals surface area contributed by atoms with Crippen molar-refractivity contribution in [3.05, 3.63) is 0 Å². The molecule has 0 aromatic heterocycles. The van der Waals surface area contributed by atoms with E-state index in [-0.39, 0.29) is 17.9 Å². The summed E-state index contributed by atoms with van der Waals surface area (Å²) in [5.41, 5.74) is 0. The summed E-state index contributed by atoms with van der Waals surface area (Å²) in [6, 6.07) is 0. The molecule has 0 saturated carbocycles. The fraction of sp³-hybridized carbons (Fsp3) is 0.909. The molecule has 16 heavy (non-hydrogen) atoms. The second-order valence-corrected chi connectivity index (χ2v) is 4.59. The molecule has 1 aliphatic rings. The van der Waals surface area contributed by atoms with E-state index < -0.39 is 0 Å². The van der Waals surface area contributed by atoms with E-state index >= 15 is 0 Å². The van der Waals surface area contributed by atoms with Gasteiger partial charge in [0.25, 0.3) is 0 Å². The lowest BCUT2D eigenvalue weighted by atomic mass is 10.1. The van der Waals surface area contributed by atoms with Gasteiger partial charge in [-0.15, -0.1) is 0 Å². The van der Waals surface area contributed by atoms with Gasteiger partial charge >= 0.3 is 0 Å². The second kappa shape index (κ2) is 6.83. The Balaban J connectivity index is 2.02. The van der Waals surface area contributed by atoms with Crippen molar-refractivity contribution in [3.8, 4) is 0 Å². The number of aliphatic hydroxyl groups is 1. The molecule has 2 unspecified atom stereocenters.